The zero-order valence-electron chi connectivity index (χ0n) is 19.8. The molecule has 0 amide bonds. The highest BCUT2D eigenvalue weighted by atomic mass is 32.1. The van der Waals surface area contributed by atoms with E-state index in [0.29, 0.717) is 17.5 Å². The van der Waals surface area contributed by atoms with Gasteiger partial charge in [-0.3, -0.25) is 0 Å². The lowest BCUT2D eigenvalue weighted by Crippen LogP contribution is -2.17. The normalized spacial score (nSPS) is 15.1. The Hall–Kier alpha value is -3.87. The molecule has 0 saturated heterocycles. The summed E-state index contributed by atoms with van der Waals surface area (Å²) >= 11 is 1.55. The minimum absolute atomic E-state index is 0.0715. The van der Waals surface area contributed by atoms with Crippen LogP contribution >= 0.6 is 11.3 Å². The number of aromatic hydroxyl groups is 1. The molecule has 170 valence electrons. The summed E-state index contributed by atoms with van der Waals surface area (Å²) in [5.74, 6) is 0.183. The zero-order valence-corrected chi connectivity index (χ0v) is 20.6. The minimum Gasteiger partial charge on any atom is -0.507 e. The Balaban J connectivity index is 1.80. The summed E-state index contributed by atoms with van der Waals surface area (Å²) in [4.78, 5) is 6.69. The maximum Gasteiger partial charge on any atom is 0.135 e. The molecule has 3 aromatic rings. The summed E-state index contributed by atoms with van der Waals surface area (Å²) in [6.07, 6.45) is 7.34. The van der Waals surface area contributed by atoms with Crippen LogP contribution in [0.2, 0.25) is 0 Å². The van der Waals surface area contributed by atoms with Crippen LogP contribution in [0.25, 0.3) is 26.9 Å². The first-order valence-electron chi connectivity index (χ1n) is 11.0. The van der Waals surface area contributed by atoms with Crippen LogP contribution in [-0.2, 0) is 0 Å². The summed E-state index contributed by atoms with van der Waals surface area (Å²) < 4.78 is 1.07. The van der Waals surface area contributed by atoms with Gasteiger partial charge in [0.1, 0.15) is 28.5 Å². The van der Waals surface area contributed by atoms with Crippen LogP contribution < -0.4 is 4.90 Å². The number of rotatable bonds is 4. The van der Waals surface area contributed by atoms with Gasteiger partial charge in [-0.2, -0.15) is 10.5 Å². The molecule has 0 aliphatic heterocycles. The van der Waals surface area contributed by atoms with Crippen LogP contribution in [0.3, 0.4) is 0 Å². The minimum atomic E-state index is -0.0715. The number of allylic oxidation sites excluding steroid dienone is 5. The molecule has 0 bridgehead atoms. The number of phenolic OH excluding ortho intramolecular Hbond substituents is 1. The topological polar surface area (TPSA) is 83.9 Å². The van der Waals surface area contributed by atoms with Crippen LogP contribution in [0.15, 0.2) is 65.3 Å². The number of aromatic nitrogens is 1. The van der Waals surface area contributed by atoms with Gasteiger partial charge in [0.05, 0.1) is 15.8 Å². The fraction of sp³-hybridized carbons (Fsp3) is 0.250. The third-order valence-electron chi connectivity index (χ3n) is 5.92. The predicted molar refractivity (Wildman–Crippen MR) is 139 cm³/mol. The Bertz CT molecular complexity index is 1390. The van der Waals surface area contributed by atoms with Crippen LogP contribution in [-0.4, -0.2) is 24.2 Å². The van der Waals surface area contributed by atoms with Crippen LogP contribution in [0.1, 0.15) is 32.3 Å². The van der Waals surface area contributed by atoms with E-state index in [2.05, 4.69) is 13.8 Å². The fourth-order valence-corrected chi connectivity index (χ4v) is 5.39. The van der Waals surface area contributed by atoms with Crippen molar-refractivity contribution in [2.45, 2.75) is 26.7 Å². The second kappa shape index (κ2) is 9.17. The molecule has 0 radical (unpaired) electrons. The molecule has 0 saturated carbocycles. The number of hydrogen-bond donors (Lipinski definition) is 1. The average molecular weight is 467 g/mol. The first kappa shape index (κ1) is 23.3. The van der Waals surface area contributed by atoms with Gasteiger partial charge in [0.2, 0.25) is 0 Å². The van der Waals surface area contributed by atoms with Gasteiger partial charge < -0.3 is 10.0 Å². The van der Waals surface area contributed by atoms with Crippen LogP contribution in [0.5, 0.6) is 5.75 Å². The predicted octanol–water partition coefficient (Wildman–Crippen LogP) is 6.84. The lowest BCUT2D eigenvalue weighted by atomic mass is 9.74. The van der Waals surface area contributed by atoms with E-state index in [-0.39, 0.29) is 16.7 Å². The first-order chi connectivity index (χ1) is 16.2. The smallest absolute Gasteiger partial charge is 0.135 e. The van der Waals surface area contributed by atoms with Crippen molar-refractivity contribution in [3.63, 3.8) is 0 Å². The largest absolute Gasteiger partial charge is 0.507 e. The molecular weight excluding hydrogens is 440 g/mol. The fourth-order valence-electron chi connectivity index (χ4n) is 4.39. The van der Waals surface area contributed by atoms with E-state index in [4.69, 9.17) is 4.98 Å². The Kier molecular flexibility index (Phi) is 6.28. The molecule has 34 heavy (non-hydrogen) atoms. The number of phenols is 1. The molecule has 0 atom stereocenters. The Labute approximate surface area is 204 Å². The molecule has 0 unspecified atom stereocenters. The summed E-state index contributed by atoms with van der Waals surface area (Å²) in [5.41, 5.74) is 5.07. The Morgan fingerprint density at radius 2 is 1.82 bits per heavy atom. The van der Waals surface area contributed by atoms with Crippen molar-refractivity contribution in [3.05, 3.63) is 70.8 Å². The number of para-hydroxylation sites is 1. The van der Waals surface area contributed by atoms with E-state index >= 15 is 0 Å². The lowest BCUT2D eigenvalue weighted by Gasteiger charge is -2.30. The number of nitriles is 2. The van der Waals surface area contributed by atoms with Crippen molar-refractivity contribution in [2.75, 3.05) is 19.0 Å². The zero-order chi connectivity index (χ0) is 24.5. The van der Waals surface area contributed by atoms with Gasteiger partial charge in [-0.1, -0.05) is 38.1 Å². The molecule has 5 nitrogen and oxygen atoms in total. The summed E-state index contributed by atoms with van der Waals surface area (Å²) in [6, 6.07) is 15.9. The van der Waals surface area contributed by atoms with E-state index < -0.39 is 0 Å². The van der Waals surface area contributed by atoms with Gasteiger partial charge in [-0.15, -0.1) is 11.3 Å². The monoisotopic (exact) mass is 466 g/mol. The number of hydrogen-bond acceptors (Lipinski definition) is 6. The van der Waals surface area contributed by atoms with Crippen LogP contribution in [0, 0.1) is 28.1 Å². The van der Waals surface area contributed by atoms with E-state index in [1.807, 2.05) is 85.8 Å². The van der Waals surface area contributed by atoms with E-state index in [1.54, 1.807) is 11.3 Å². The molecule has 0 spiro atoms. The summed E-state index contributed by atoms with van der Waals surface area (Å²) in [7, 11) is 3.89. The molecule has 1 N–H and O–H groups in total. The van der Waals surface area contributed by atoms with E-state index in [9.17, 15) is 15.6 Å². The number of thiazole rings is 1. The molecule has 4 rings (SSSR count). The van der Waals surface area contributed by atoms with E-state index in [1.165, 1.54) is 0 Å². The highest BCUT2D eigenvalue weighted by Gasteiger charge is 2.26. The molecule has 1 aromatic heterocycles. The number of fused-ring (bicyclic) bond motifs is 1. The molecule has 0 fully saturated rings. The number of benzene rings is 2. The molecule has 1 heterocycles. The van der Waals surface area contributed by atoms with Gasteiger partial charge >= 0.3 is 0 Å². The molecule has 1 aliphatic rings. The van der Waals surface area contributed by atoms with Crippen molar-refractivity contribution in [1.29, 1.82) is 10.5 Å². The van der Waals surface area contributed by atoms with Gasteiger partial charge in [0.25, 0.3) is 0 Å². The highest BCUT2D eigenvalue weighted by molar-refractivity contribution is 7.21. The highest BCUT2D eigenvalue weighted by Crippen LogP contribution is 2.43. The molecular formula is C28H26N4OS. The van der Waals surface area contributed by atoms with Gasteiger partial charge in [0.15, 0.2) is 0 Å². The van der Waals surface area contributed by atoms with Crippen LogP contribution in [0.4, 0.5) is 5.69 Å². The molecule has 2 aromatic carbocycles. The van der Waals surface area contributed by atoms with Gasteiger partial charge in [-0.25, -0.2) is 4.98 Å². The van der Waals surface area contributed by atoms with Gasteiger partial charge in [-0.05, 0) is 59.7 Å². The second-order valence-corrected chi connectivity index (χ2v) is 10.5. The maximum atomic E-state index is 11.3. The standard InChI is InChI=1S/C28H26N4OS/c1-28(2)14-18(13-19(15-28)20(16-29)17-30)9-10-21-24(32(3)4)12-11-22(26(21)33)27-31-23-7-5-6-8-25(23)34-27/h5-13,33H,14-15H2,1-4H3/b10-9+. The van der Waals surface area contributed by atoms with Crippen molar-refractivity contribution >= 4 is 33.3 Å². The lowest BCUT2D eigenvalue weighted by molar-refractivity contribution is 0.354. The Morgan fingerprint density at radius 3 is 2.50 bits per heavy atom. The van der Waals surface area contributed by atoms with Crippen molar-refractivity contribution in [3.8, 4) is 28.5 Å². The molecule has 6 heteroatoms. The third-order valence-corrected chi connectivity index (χ3v) is 6.99. The SMILES string of the molecule is CN(C)c1ccc(-c2nc3ccccc3s2)c(O)c1/C=C/C1=CC(=C(C#N)C#N)CC(C)(C)C1. The van der Waals surface area contributed by atoms with Crippen molar-refractivity contribution in [2.24, 2.45) is 5.41 Å². The second-order valence-electron chi connectivity index (χ2n) is 9.47. The van der Waals surface area contributed by atoms with Crippen molar-refractivity contribution in [1.82, 2.24) is 4.98 Å². The summed E-state index contributed by atoms with van der Waals surface area (Å²) in [6.45, 7) is 4.27. The van der Waals surface area contributed by atoms with Gasteiger partial charge in [0, 0.05) is 25.3 Å². The molecule has 1 aliphatic carbocycles. The average Bonchev–Trinajstić information content (AvgIpc) is 3.21. The number of anilines is 1. The van der Waals surface area contributed by atoms with E-state index in [0.717, 1.165) is 38.5 Å². The first-order valence-corrected chi connectivity index (χ1v) is 11.9. The van der Waals surface area contributed by atoms with Crippen molar-refractivity contribution < 1.29 is 5.11 Å². The maximum absolute atomic E-state index is 11.3. The Morgan fingerprint density at radius 1 is 1.09 bits per heavy atom. The third kappa shape index (κ3) is 4.59. The summed E-state index contributed by atoms with van der Waals surface area (Å²) in [5, 5.41) is 30.8. The number of nitrogens with zero attached hydrogens (tertiary/aromatic N) is 4. The quantitative estimate of drug-likeness (QED) is 0.426.